The Labute approximate surface area is 140 Å². The molecule has 2 aliphatic carbocycles. The van der Waals surface area contributed by atoms with Crippen LogP contribution in [-0.2, 0) is 0 Å². The van der Waals surface area contributed by atoms with Gasteiger partial charge in [-0.15, -0.1) is 11.8 Å². The van der Waals surface area contributed by atoms with Gasteiger partial charge in [-0.25, -0.2) is 0 Å². The van der Waals surface area contributed by atoms with Crippen LogP contribution in [0.2, 0.25) is 0 Å². The van der Waals surface area contributed by atoms with Crippen LogP contribution in [0.15, 0.2) is 29.2 Å². The Morgan fingerprint density at radius 2 is 2.00 bits per heavy atom. The summed E-state index contributed by atoms with van der Waals surface area (Å²) in [6, 6.07) is 7.08. The molecule has 0 N–H and O–H groups in total. The van der Waals surface area contributed by atoms with Crippen molar-refractivity contribution in [2.24, 2.45) is 16.7 Å². The van der Waals surface area contributed by atoms with Crippen molar-refractivity contribution in [3.8, 4) is 0 Å². The van der Waals surface area contributed by atoms with Crippen molar-refractivity contribution in [3.05, 3.63) is 34.4 Å². The SMILES string of the molecule is CSC[C@]12CC[C@H](C[C@H]1Sc1ccc([N+](=O)[O-])cc1)C2(C)C. The van der Waals surface area contributed by atoms with Crippen LogP contribution in [-0.4, -0.2) is 22.2 Å². The summed E-state index contributed by atoms with van der Waals surface area (Å²) in [4.78, 5) is 11.6. The lowest BCUT2D eigenvalue weighted by atomic mass is 9.70. The molecule has 2 fully saturated rings. The highest BCUT2D eigenvalue weighted by Crippen LogP contribution is 2.69. The van der Waals surface area contributed by atoms with Gasteiger partial charge >= 0.3 is 0 Å². The number of fused-ring (bicyclic) bond motifs is 2. The van der Waals surface area contributed by atoms with E-state index in [2.05, 4.69) is 20.1 Å². The van der Waals surface area contributed by atoms with Crippen molar-refractivity contribution in [2.45, 2.75) is 43.3 Å². The van der Waals surface area contributed by atoms with Crippen LogP contribution in [0.3, 0.4) is 0 Å². The monoisotopic (exact) mass is 337 g/mol. The summed E-state index contributed by atoms with van der Waals surface area (Å²) in [5, 5.41) is 11.4. The molecule has 5 heteroatoms. The van der Waals surface area contributed by atoms with Gasteiger partial charge in [-0.05, 0) is 54.4 Å². The van der Waals surface area contributed by atoms with Crippen molar-refractivity contribution < 1.29 is 4.92 Å². The van der Waals surface area contributed by atoms with E-state index < -0.39 is 0 Å². The average molecular weight is 338 g/mol. The van der Waals surface area contributed by atoms with Crippen LogP contribution in [0.4, 0.5) is 5.69 Å². The fourth-order valence-corrected chi connectivity index (χ4v) is 7.59. The highest BCUT2D eigenvalue weighted by Gasteiger charge is 2.63. The van der Waals surface area contributed by atoms with Crippen LogP contribution in [0.5, 0.6) is 0 Å². The Hall–Kier alpha value is -0.680. The van der Waals surface area contributed by atoms with Gasteiger partial charge in [0, 0.05) is 28.0 Å². The summed E-state index contributed by atoms with van der Waals surface area (Å²) in [6.07, 6.45) is 6.19. The number of nitro groups is 1. The standard InChI is InChI=1S/C17H23NO2S2/c1-16(2)12-8-9-17(16,11-21-3)15(10-12)22-14-6-4-13(5-7-14)18(19)20/h4-7,12,15H,8-11H2,1-3H3/t12-,15-,17-/m1/s1. The van der Waals surface area contributed by atoms with E-state index in [-0.39, 0.29) is 10.6 Å². The molecule has 0 radical (unpaired) electrons. The highest BCUT2D eigenvalue weighted by molar-refractivity contribution is 8.00. The topological polar surface area (TPSA) is 43.1 Å². The predicted octanol–water partition coefficient (Wildman–Crippen LogP) is 5.24. The van der Waals surface area contributed by atoms with Crippen molar-refractivity contribution in [3.63, 3.8) is 0 Å². The molecule has 2 saturated carbocycles. The number of nitro benzene ring substituents is 1. The molecule has 3 atom stereocenters. The molecular weight excluding hydrogens is 314 g/mol. The Balaban J connectivity index is 1.82. The third kappa shape index (κ3) is 2.37. The lowest BCUT2D eigenvalue weighted by Crippen LogP contribution is -2.39. The Kier molecular flexibility index (Phi) is 4.23. The van der Waals surface area contributed by atoms with E-state index in [1.807, 2.05) is 35.7 Å². The summed E-state index contributed by atoms with van der Waals surface area (Å²) in [5.41, 5.74) is 0.995. The van der Waals surface area contributed by atoms with Crippen LogP contribution in [0, 0.1) is 26.9 Å². The maximum atomic E-state index is 10.8. The minimum absolute atomic E-state index is 0.177. The number of hydrogen-bond acceptors (Lipinski definition) is 4. The van der Waals surface area contributed by atoms with Crippen molar-refractivity contribution in [1.82, 2.24) is 0 Å². The van der Waals surface area contributed by atoms with E-state index in [1.54, 1.807) is 12.1 Å². The molecule has 1 aromatic carbocycles. The Morgan fingerprint density at radius 3 is 2.55 bits per heavy atom. The van der Waals surface area contributed by atoms with Crippen LogP contribution < -0.4 is 0 Å². The number of rotatable bonds is 5. The van der Waals surface area contributed by atoms with Gasteiger partial charge in [0.1, 0.15) is 0 Å². The predicted molar refractivity (Wildman–Crippen MR) is 94.7 cm³/mol. The molecule has 2 bridgehead atoms. The molecule has 0 aliphatic heterocycles. The molecule has 0 aromatic heterocycles. The maximum Gasteiger partial charge on any atom is 0.269 e. The molecular formula is C17H23NO2S2. The van der Waals surface area contributed by atoms with Crippen molar-refractivity contribution in [1.29, 1.82) is 0 Å². The maximum absolute atomic E-state index is 10.8. The van der Waals surface area contributed by atoms with E-state index >= 15 is 0 Å². The number of non-ortho nitro benzene ring substituents is 1. The molecule has 0 saturated heterocycles. The van der Waals surface area contributed by atoms with E-state index in [0.717, 1.165) is 5.92 Å². The van der Waals surface area contributed by atoms with Gasteiger partial charge in [-0.3, -0.25) is 10.1 Å². The van der Waals surface area contributed by atoms with Gasteiger partial charge in [-0.1, -0.05) is 13.8 Å². The number of hydrogen-bond donors (Lipinski definition) is 0. The second-order valence-electron chi connectivity index (χ2n) is 7.14. The molecule has 0 spiro atoms. The van der Waals surface area contributed by atoms with Crippen LogP contribution in [0.25, 0.3) is 0 Å². The smallest absolute Gasteiger partial charge is 0.258 e. The minimum Gasteiger partial charge on any atom is -0.258 e. The largest absolute Gasteiger partial charge is 0.269 e. The third-order valence-corrected chi connectivity index (χ3v) is 8.36. The summed E-state index contributed by atoms with van der Waals surface area (Å²) in [7, 11) is 0. The molecule has 120 valence electrons. The molecule has 0 amide bonds. The quantitative estimate of drug-likeness (QED) is 0.544. The summed E-state index contributed by atoms with van der Waals surface area (Å²) >= 11 is 3.91. The highest BCUT2D eigenvalue weighted by atomic mass is 32.2. The zero-order valence-corrected chi connectivity index (χ0v) is 15.0. The Bertz CT molecular complexity index is 573. The molecule has 0 unspecified atom stereocenters. The molecule has 1 aromatic rings. The number of thioether (sulfide) groups is 2. The molecule has 2 aliphatic rings. The van der Waals surface area contributed by atoms with Gasteiger partial charge in [0.05, 0.1) is 4.92 Å². The van der Waals surface area contributed by atoms with E-state index in [1.165, 1.54) is 29.9 Å². The minimum atomic E-state index is -0.329. The summed E-state index contributed by atoms with van der Waals surface area (Å²) in [5.74, 6) is 2.05. The van der Waals surface area contributed by atoms with Crippen LogP contribution >= 0.6 is 23.5 Å². The van der Waals surface area contributed by atoms with Gasteiger partial charge < -0.3 is 0 Å². The summed E-state index contributed by atoms with van der Waals surface area (Å²) in [6.45, 7) is 4.91. The Morgan fingerprint density at radius 1 is 1.32 bits per heavy atom. The van der Waals surface area contributed by atoms with Gasteiger partial charge in [0.25, 0.3) is 5.69 Å². The van der Waals surface area contributed by atoms with Crippen molar-refractivity contribution >= 4 is 29.2 Å². The molecule has 0 heterocycles. The second kappa shape index (κ2) is 5.75. The van der Waals surface area contributed by atoms with Gasteiger partial charge in [0.15, 0.2) is 0 Å². The van der Waals surface area contributed by atoms with E-state index in [9.17, 15) is 10.1 Å². The second-order valence-corrected chi connectivity index (χ2v) is 9.28. The zero-order valence-electron chi connectivity index (χ0n) is 13.4. The van der Waals surface area contributed by atoms with E-state index in [4.69, 9.17) is 0 Å². The normalized spacial score (nSPS) is 32.3. The van der Waals surface area contributed by atoms with Gasteiger partial charge in [0.2, 0.25) is 0 Å². The van der Waals surface area contributed by atoms with Crippen LogP contribution in [0.1, 0.15) is 33.1 Å². The number of benzene rings is 1. The molecule has 3 nitrogen and oxygen atoms in total. The van der Waals surface area contributed by atoms with Gasteiger partial charge in [-0.2, -0.15) is 11.8 Å². The lowest BCUT2D eigenvalue weighted by Gasteiger charge is -2.42. The average Bonchev–Trinajstić information content (AvgIpc) is 2.83. The fraction of sp³-hybridized carbons (Fsp3) is 0.647. The lowest BCUT2D eigenvalue weighted by molar-refractivity contribution is -0.384. The third-order valence-electron chi connectivity index (χ3n) is 6.09. The van der Waals surface area contributed by atoms with E-state index in [0.29, 0.717) is 16.1 Å². The van der Waals surface area contributed by atoms with Crippen molar-refractivity contribution in [2.75, 3.05) is 12.0 Å². The first-order valence-electron chi connectivity index (χ1n) is 7.81. The first-order valence-corrected chi connectivity index (χ1v) is 10.1. The summed E-state index contributed by atoms with van der Waals surface area (Å²) < 4.78 is 0. The molecule has 3 rings (SSSR count). The zero-order chi connectivity index (χ0) is 16.0. The first-order chi connectivity index (χ1) is 10.4. The first kappa shape index (κ1) is 16.2. The number of nitrogens with zero attached hydrogens (tertiary/aromatic N) is 1. The fourth-order valence-electron chi connectivity index (χ4n) is 4.57. The molecule has 22 heavy (non-hydrogen) atoms.